The maximum atomic E-state index is 13.1. The smallest absolute Gasteiger partial charge is 0.330 e. The summed E-state index contributed by atoms with van der Waals surface area (Å²) in [6, 6.07) is 4.20. The van der Waals surface area contributed by atoms with Crippen molar-refractivity contribution in [3.8, 4) is 0 Å². The second-order valence-electron chi connectivity index (χ2n) is 5.33. The van der Waals surface area contributed by atoms with Gasteiger partial charge in [-0.15, -0.1) is 0 Å². The van der Waals surface area contributed by atoms with Crippen LogP contribution in [0.15, 0.2) is 18.2 Å². The monoisotopic (exact) mass is 272 g/mol. The summed E-state index contributed by atoms with van der Waals surface area (Å²) in [6.07, 6.45) is -3.61. The van der Waals surface area contributed by atoms with E-state index in [2.05, 4.69) is 0 Å². The Labute approximate surface area is 111 Å². The zero-order chi connectivity index (χ0) is 14.2. The van der Waals surface area contributed by atoms with Gasteiger partial charge in [0.05, 0.1) is 5.56 Å². The fourth-order valence-electron chi connectivity index (χ4n) is 2.98. The van der Waals surface area contributed by atoms with Gasteiger partial charge in [-0.2, -0.15) is 13.2 Å². The third-order valence-electron chi connectivity index (χ3n) is 3.93. The van der Waals surface area contributed by atoms with Crippen LogP contribution in [0.4, 0.5) is 13.2 Å². The fraction of sp³-hybridized carbons (Fsp3) is 0.571. The SMILES string of the molecule is Cc1cccc(C(F)(F)F)c1C1CC(CN)CN1C. The van der Waals surface area contributed by atoms with Crippen LogP contribution in [0, 0.1) is 12.8 Å². The van der Waals surface area contributed by atoms with E-state index in [1.165, 1.54) is 12.1 Å². The molecule has 1 saturated heterocycles. The van der Waals surface area contributed by atoms with Gasteiger partial charge in [-0.05, 0) is 50.0 Å². The van der Waals surface area contributed by atoms with Crippen molar-refractivity contribution in [3.05, 3.63) is 34.9 Å². The van der Waals surface area contributed by atoms with E-state index in [1.54, 1.807) is 13.0 Å². The highest BCUT2D eigenvalue weighted by Gasteiger charge is 2.39. The van der Waals surface area contributed by atoms with Crippen molar-refractivity contribution in [1.29, 1.82) is 0 Å². The predicted octanol–water partition coefficient (Wildman–Crippen LogP) is 2.97. The Bertz CT molecular complexity index is 456. The molecular weight excluding hydrogens is 253 g/mol. The van der Waals surface area contributed by atoms with Gasteiger partial charge in [-0.1, -0.05) is 12.1 Å². The minimum atomic E-state index is -4.30. The van der Waals surface area contributed by atoms with Gasteiger partial charge in [0.15, 0.2) is 0 Å². The van der Waals surface area contributed by atoms with Crippen LogP contribution in [0.5, 0.6) is 0 Å². The molecule has 2 unspecified atom stereocenters. The summed E-state index contributed by atoms with van der Waals surface area (Å²) in [4.78, 5) is 1.98. The average molecular weight is 272 g/mol. The van der Waals surface area contributed by atoms with Gasteiger partial charge in [0.2, 0.25) is 0 Å². The fourth-order valence-corrected chi connectivity index (χ4v) is 2.98. The predicted molar refractivity (Wildman–Crippen MR) is 68.7 cm³/mol. The molecule has 2 rings (SSSR count). The van der Waals surface area contributed by atoms with Crippen molar-refractivity contribution in [2.75, 3.05) is 20.1 Å². The highest BCUT2D eigenvalue weighted by Crippen LogP contribution is 2.42. The Morgan fingerprint density at radius 1 is 1.37 bits per heavy atom. The van der Waals surface area contributed by atoms with Gasteiger partial charge in [-0.25, -0.2) is 0 Å². The first-order chi connectivity index (χ1) is 8.84. The Kier molecular flexibility index (Phi) is 3.87. The zero-order valence-corrected chi connectivity index (χ0v) is 11.2. The summed E-state index contributed by atoms with van der Waals surface area (Å²) in [6.45, 7) is 3.02. The molecule has 1 aliphatic heterocycles. The summed E-state index contributed by atoms with van der Waals surface area (Å²) in [7, 11) is 1.87. The normalized spacial score (nSPS) is 24.9. The molecule has 0 spiro atoms. The number of hydrogen-bond donors (Lipinski definition) is 1. The second kappa shape index (κ2) is 5.13. The molecule has 1 aromatic carbocycles. The van der Waals surface area contributed by atoms with E-state index in [0.29, 0.717) is 24.1 Å². The molecule has 0 aliphatic carbocycles. The summed E-state index contributed by atoms with van der Waals surface area (Å²) in [5.41, 5.74) is 6.25. The van der Waals surface area contributed by atoms with Gasteiger partial charge >= 0.3 is 6.18 Å². The lowest BCUT2D eigenvalue weighted by Crippen LogP contribution is -2.23. The average Bonchev–Trinajstić information content (AvgIpc) is 2.69. The molecule has 2 N–H and O–H groups in total. The maximum absolute atomic E-state index is 13.1. The zero-order valence-electron chi connectivity index (χ0n) is 11.2. The van der Waals surface area contributed by atoms with Crippen molar-refractivity contribution in [2.45, 2.75) is 25.6 Å². The Balaban J connectivity index is 2.45. The molecule has 0 amide bonds. The first-order valence-corrected chi connectivity index (χ1v) is 6.41. The number of nitrogens with two attached hydrogens (primary N) is 1. The number of likely N-dealkylation sites (tertiary alicyclic amines) is 1. The maximum Gasteiger partial charge on any atom is 0.416 e. The van der Waals surface area contributed by atoms with E-state index in [9.17, 15) is 13.2 Å². The Morgan fingerprint density at radius 2 is 2.05 bits per heavy atom. The lowest BCUT2D eigenvalue weighted by molar-refractivity contribution is -0.138. The highest BCUT2D eigenvalue weighted by atomic mass is 19.4. The summed E-state index contributed by atoms with van der Waals surface area (Å²) < 4.78 is 39.4. The minimum absolute atomic E-state index is 0.189. The van der Waals surface area contributed by atoms with E-state index >= 15 is 0 Å². The van der Waals surface area contributed by atoms with E-state index in [1.807, 2.05) is 11.9 Å². The van der Waals surface area contributed by atoms with E-state index in [4.69, 9.17) is 5.73 Å². The standard InChI is InChI=1S/C14H19F3N2/c1-9-4-3-5-11(14(15,16)17)13(9)12-6-10(7-18)8-19(12)2/h3-5,10,12H,6-8,18H2,1-2H3. The highest BCUT2D eigenvalue weighted by molar-refractivity contribution is 5.39. The molecule has 106 valence electrons. The van der Waals surface area contributed by atoms with Gasteiger partial charge in [0.25, 0.3) is 0 Å². The largest absolute Gasteiger partial charge is 0.416 e. The van der Waals surface area contributed by atoms with Crippen LogP contribution in [0.1, 0.15) is 29.2 Å². The third-order valence-corrected chi connectivity index (χ3v) is 3.93. The molecule has 2 nitrogen and oxygen atoms in total. The lowest BCUT2D eigenvalue weighted by atomic mass is 9.91. The van der Waals surface area contributed by atoms with Gasteiger partial charge in [0, 0.05) is 12.6 Å². The van der Waals surface area contributed by atoms with Crippen LogP contribution in [-0.4, -0.2) is 25.0 Å². The number of halogens is 3. The molecular formula is C14H19F3N2. The van der Waals surface area contributed by atoms with Crippen LogP contribution >= 0.6 is 0 Å². The van der Waals surface area contributed by atoms with Crippen LogP contribution in [-0.2, 0) is 6.18 Å². The number of benzene rings is 1. The first-order valence-electron chi connectivity index (χ1n) is 6.41. The van der Waals surface area contributed by atoms with Crippen LogP contribution in [0.25, 0.3) is 0 Å². The Morgan fingerprint density at radius 3 is 2.58 bits per heavy atom. The molecule has 0 aromatic heterocycles. The molecule has 19 heavy (non-hydrogen) atoms. The Hall–Kier alpha value is -1.07. The van der Waals surface area contributed by atoms with E-state index in [0.717, 1.165) is 6.54 Å². The molecule has 2 atom stereocenters. The molecule has 0 radical (unpaired) electrons. The summed E-state index contributed by atoms with van der Waals surface area (Å²) in [5.74, 6) is 0.274. The molecule has 1 aromatic rings. The molecule has 1 fully saturated rings. The number of aryl methyl sites for hydroxylation is 1. The van der Waals surface area contributed by atoms with Crippen LogP contribution < -0.4 is 5.73 Å². The number of rotatable bonds is 2. The van der Waals surface area contributed by atoms with Crippen molar-refractivity contribution >= 4 is 0 Å². The van der Waals surface area contributed by atoms with Gasteiger partial charge in [-0.3, -0.25) is 4.90 Å². The molecule has 0 bridgehead atoms. The quantitative estimate of drug-likeness (QED) is 0.897. The van der Waals surface area contributed by atoms with Crippen molar-refractivity contribution in [1.82, 2.24) is 4.90 Å². The number of hydrogen-bond acceptors (Lipinski definition) is 2. The molecule has 1 heterocycles. The second-order valence-corrected chi connectivity index (χ2v) is 5.33. The topological polar surface area (TPSA) is 29.3 Å². The molecule has 5 heteroatoms. The van der Waals surface area contributed by atoms with Gasteiger partial charge in [0.1, 0.15) is 0 Å². The minimum Gasteiger partial charge on any atom is -0.330 e. The molecule has 1 aliphatic rings. The third kappa shape index (κ3) is 2.77. The summed E-state index contributed by atoms with van der Waals surface area (Å²) >= 11 is 0. The number of nitrogens with zero attached hydrogens (tertiary/aromatic N) is 1. The van der Waals surface area contributed by atoms with E-state index in [-0.39, 0.29) is 12.0 Å². The van der Waals surface area contributed by atoms with Crippen molar-refractivity contribution in [3.63, 3.8) is 0 Å². The van der Waals surface area contributed by atoms with Crippen LogP contribution in [0.3, 0.4) is 0 Å². The number of alkyl halides is 3. The van der Waals surface area contributed by atoms with E-state index < -0.39 is 11.7 Å². The summed E-state index contributed by atoms with van der Waals surface area (Å²) in [5, 5.41) is 0. The first kappa shape index (κ1) is 14.3. The van der Waals surface area contributed by atoms with Gasteiger partial charge < -0.3 is 5.73 Å². The molecule has 0 saturated carbocycles. The van der Waals surface area contributed by atoms with Crippen molar-refractivity contribution < 1.29 is 13.2 Å². The van der Waals surface area contributed by atoms with Crippen molar-refractivity contribution in [2.24, 2.45) is 11.7 Å². The van der Waals surface area contributed by atoms with Crippen LogP contribution in [0.2, 0.25) is 0 Å². The lowest BCUT2D eigenvalue weighted by Gasteiger charge is -2.25.